The van der Waals surface area contributed by atoms with Crippen LogP contribution in [0.4, 0.5) is 0 Å². The summed E-state index contributed by atoms with van der Waals surface area (Å²) in [6, 6.07) is 0.337. The number of carbonyl (C=O) groups is 1. The van der Waals surface area contributed by atoms with Crippen molar-refractivity contribution in [2.45, 2.75) is 57.9 Å². The maximum atomic E-state index is 11.9. The molecule has 1 amide bonds. The van der Waals surface area contributed by atoms with E-state index in [0.717, 1.165) is 90.5 Å². The number of likely N-dealkylation sites (tertiary alicyclic amines) is 1. The van der Waals surface area contributed by atoms with E-state index < -0.39 is 0 Å². The van der Waals surface area contributed by atoms with Crippen molar-refractivity contribution in [1.29, 1.82) is 0 Å². The van der Waals surface area contributed by atoms with E-state index in [9.17, 15) is 4.79 Å². The van der Waals surface area contributed by atoms with E-state index in [1.165, 1.54) is 0 Å². The number of rotatable bonds is 11. The highest BCUT2D eigenvalue weighted by atomic mass is 127. The van der Waals surface area contributed by atoms with Crippen molar-refractivity contribution in [3.63, 3.8) is 0 Å². The molecule has 0 aromatic carbocycles. The molecule has 1 unspecified atom stereocenters. The van der Waals surface area contributed by atoms with Crippen molar-refractivity contribution in [3.8, 4) is 0 Å². The molecule has 2 fully saturated rings. The van der Waals surface area contributed by atoms with E-state index in [2.05, 4.69) is 22.5 Å². The predicted octanol–water partition coefficient (Wildman–Crippen LogP) is 2.39. The zero-order chi connectivity index (χ0) is 19.3. The standard InChI is InChI=1S/C20H38N4O3.HI/c1-3-18(24-12-4-6-19(24)25)7-11-23-20(21-2)22-10-5-13-27-16-17-8-14-26-15-9-17;/h17-18H,3-16H2,1-2H3,(H2,21,22,23);1H. The molecule has 1 atom stereocenters. The SMILES string of the molecule is CCC(CCNC(=NC)NCCCOCC1CCOCC1)N1CCCC1=O.I. The Kier molecular flexibility index (Phi) is 13.9. The number of ether oxygens (including phenoxy) is 2. The molecule has 164 valence electrons. The summed E-state index contributed by atoms with van der Waals surface area (Å²) < 4.78 is 11.2. The molecule has 0 aromatic heterocycles. The monoisotopic (exact) mass is 510 g/mol. The van der Waals surface area contributed by atoms with Crippen LogP contribution in [-0.4, -0.2) is 75.9 Å². The zero-order valence-electron chi connectivity index (χ0n) is 17.6. The number of hydrogen-bond acceptors (Lipinski definition) is 4. The number of nitrogens with zero attached hydrogens (tertiary/aromatic N) is 2. The van der Waals surface area contributed by atoms with Crippen LogP contribution in [0, 0.1) is 5.92 Å². The van der Waals surface area contributed by atoms with Gasteiger partial charge in [0.1, 0.15) is 0 Å². The van der Waals surface area contributed by atoms with Crippen LogP contribution >= 0.6 is 24.0 Å². The first-order valence-corrected chi connectivity index (χ1v) is 10.6. The van der Waals surface area contributed by atoms with Gasteiger partial charge in [0.25, 0.3) is 0 Å². The van der Waals surface area contributed by atoms with Gasteiger partial charge in [0.05, 0.1) is 0 Å². The van der Waals surface area contributed by atoms with Gasteiger partial charge in [-0.05, 0) is 44.4 Å². The molecule has 2 aliphatic rings. The normalized spacial score (nSPS) is 19.4. The minimum atomic E-state index is 0. The van der Waals surface area contributed by atoms with Crippen LogP contribution in [0.25, 0.3) is 0 Å². The van der Waals surface area contributed by atoms with Crippen molar-refractivity contribution in [2.75, 3.05) is 53.1 Å². The first-order valence-electron chi connectivity index (χ1n) is 10.6. The molecule has 7 nitrogen and oxygen atoms in total. The van der Waals surface area contributed by atoms with E-state index in [-0.39, 0.29) is 24.0 Å². The van der Waals surface area contributed by atoms with E-state index in [0.29, 0.717) is 24.3 Å². The Morgan fingerprint density at radius 2 is 2.07 bits per heavy atom. The number of carbonyl (C=O) groups excluding carboxylic acids is 1. The van der Waals surface area contributed by atoms with Crippen LogP contribution in [0.1, 0.15) is 51.9 Å². The Hall–Kier alpha value is -0.610. The minimum absolute atomic E-state index is 0. The Morgan fingerprint density at radius 1 is 1.32 bits per heavy atom. The summed E-state index contributed by atoms with van der Waals surface area (Å²) in [5.74, 6) is 1.79. The molecule has 0 radical (unpaired) electrons. The summed E-state index contributed by atoms with van der Waals surface area (Å²) in [5, 5.41) is 6.70. The van der Waals surface area contributed by atoms with Gasteiger partial charge in [0, 0.05) is 65.6 Å². The number of nitrogens with one attached hydrogen (secondary N) is 2. The van der Waals surface area contributed by atoms with E-state index in [1.54, 1.807) is 7.05 Å². The fourth-order valence-corrected chi connectivity index (χ4v) is 3.76. The highest BCUT2D eigenvalue weighted by Crippen LogP contribution is 2.17. The summed E-state index contributed by atoms with van der Waals surface area (Å²) in [7, 11) is 1.79. The van der Waals surface area contributed by atoms with Gasteiger partial charge in [-0.3, -0.25) is 9.79 Å². The summed E-state index contributed by atoms with van der Waals surface area (Å²) in [4.78, 5) is 18.2. The second-order valence-electron chi connectivity index (χ2n) is 7.45. The Morgan fingerprint density at radius 3 is 2.71 bits per heavy atom. The van der Waals surface area contributed by atoms with Gasteiger partial charge < -0.3 is 25.0 Å². The molecule has 2 saturated heterocycles. The largest absolute Gasteiger partial charge is 0.381 e. The summed E-state index contributed by atoms with van der Waals surface area (Å²) >= 11 is 0. The van der Waals surface area contributed by atoms with Crippen molar-refractivity contribution in [2.24, 2.45) is 10.9 Å². The molecule has 2 heterocycles. The number of hydrogen-bond donors (Lipinski definition) is 2. The van der Waals surface area contributed by atoms with Crippen LogP contribution in [0.15, 0.2) is 4.99 Å². The molecule has 28 heavy (non-hydrogen) atoms. The maximum Gasteiger partial charge on any atom is 0.222 e. The first kappa shape index (κ1) is 25.4. The van der Waals surface area contributed by atoms with E-state index >= 15 is 0 Å². The molecular formula is C20H39IN4O3. The number of guanidine groups is 1. The number of aliphatic imine (C=N–C) groups is 1. The average molecular weight is 510 g/mol. The molecule has 0 aliphatic carbocycles. The van der Waals surface area contributed by atoms with Gasteiger partial charge in [-0.1, -0.05) is 6.92 Å². The van der Waals surface area contributed by atoms with Crippen LogP contribution < -0.4 is 10.6 Å². The molecule has 0 saturated carbocycles. The molecule has 0 spiro atoms. The van der Waals surface area contributed by atoms with Gasteiger partial charge in [-0.15, -0.1) is 24.0 Å². The second kappa shape index (κ2) is 15.3. The van der Waals surface area contributed by atoms with Crippen LogP contribution in [0.3, 0.4) is 0 Å². The minimum Gasteiger partial charge on any atom is -0.381 e. The average Bonchev–Trinajstić information content (AvgIpc) is 3.12. The summed E-state index contributed by atoms with van der Waals surface area (Å²) in [6.07, 6.45) is 6.88. The van der Waals surface area contributed by atoms with Crippen LogP contribution in [0.5, 0.6) is 0 Å². The molecule has 8 heteroatoms. The summed E-state index contributed by atoms with van der Waals surface area (Å²) in [5.41, 5.74) is 0. The van der Waals surface area contributed by atoms with Crippen molar-refractivity contribution in [1.82, 2.24) is 15.5 Å². The Balaban J connectivity index is 0.00000392. The summed E-state index contributed by atoms with van der Waals surface area (Å²) in [6.45, 7) is 8.12. The molecular weight excluding hydrogens is 471 g/mol. The van der Waals surface area contributed by atoms with Gasteiger partial charge in [0.15, 0.2) is 5.96 Å². The molecule has 0 bridgehead atoms. The third-order valence-electron chi connectivity index (χ3n) is 5.47. The Labute approximate surface area is 187 Å². The van der Waals surface area contributed by atoms with Crippen LogP contribution in [0.2, 0.25) is 0 Å². The highest BCUT2D eigenvalue weighted by Gasteiger charge is 2.26. The molecule has 0 aromatic rings. The van der Waals surface area contributed by atoms with Gasteiger partial charge >= 0.3 is 0 Å². The molecule has 2 rings (SSSR count). The maximum absolute atomic E-state index is 11.9. The lowest BCUT2D eigenvalue weighted by Gasteiger charge is -2.27. The smallest absolute Gasteiger partial charge is 0.222 e. The fraction of sp³-hybridized carbons (Fsp3) is 0.900. The zero-order valence-corrected chi connectivity index (χ0v) is 19.9. The lowest BCUT2D eigenvalue weighted by atomic mass is 10.0. The second-order valence-corrected chi connectivity index (χ2v) is 7.45. The molecule has 2 aliphatic heterocycles. The van der Waals surface area contributed by atoms with Crippen molar-refractivity contribution in [3.05, 3.63) is 0 Å². The number of halogens is 1. The van der Waals surface area contributed by atoms with E-state index in [4.69, 9.17) is 9.47 Å². The van der Waals surface area contributed by atoms with E-state index in [1.807, 2.05) is 4.90 Å². The predicted molar refractivity (Wildman–Crippen MR) is 123 cm³/mol. The third kappa shape index (κ3) is 9.26. The van der Waals surface area contributed by atoms with Crippen molar-refractivity contribution >= 4 is 35.8 Å². The highest BCUT2D eigenvalue weighted by molar-refractivity contribution is 14.0. The number of amides is 1. The van der Waals surface area contributed by atoms with Gasteiger partial charge in [-0.2, -0.15) is 0 Å². The third-order valence-corrected chi connectivity index (χ3v) is 5.47. The lowest BCUT2D eigenvalue weighted by molar-refractivity contribution is -0.129. The lowest BCUT2D eigenvalue weighted by Crippen LogP contribution is -2.42. The van der Waals surface area contributed by atoms with Crippen molar-refractivity contribution < 1.29 is 14.3 Å². The Bertz CT molecular complexity index is 459. The first-order chi connectivity index (χ1) is 13.2. The van der Waals surface area contributed by atoms with Gasteiger partial charge in [-0.25, -0.2) is 0 Å². The topological polar surface area (TPSA) is 75.2 Å². The molecule has 2 N–H and O–H groups in total. The van der Waals surface area contributed by atoms with Crippen LogP contribution in [-0.2, 0) is 14.3 Å². The van der Waals surface area contributed by atoms with Gasteiger partial charge in [0.2, 0.25) is 5.91 Å². The fourth-order valence-electron chi connectivity index (χ4n) is 3.76. The quantitative estimate of drug-likeness (QED) is 0.193.